The molecular formula is C46H38N6. The average molecular weight is 675 g/mol. The molecule has 52 heavy (non-hydrogen) atoms. The van der Waals surface area contributed by atoms with Crippen molar-refractivity contribution in [1.29, 1.82) is 0 Å². The molecule has 0 saturated carbocycles. The minimum absolute atomic E-state index is 0.391. The highest BCUT2D eigenvalue weighted by Crippen LogP contribution is 2.28. The topological polar surface area (TPSA) is 89.4 Å². The Hall–Kier alpha value is -6.75. The second-order valence-corrected chi connectivity index (χ2v) is 12.3. The van der Waals surface area contributed by atoms with E-state index in [-0.39, 0.29) is 0 Å². The lowest BCUT2D eigenvalue weighted by atomic mass is 10.0. The zero-order valence-electron chi connectivity index (χ0n) is 28.9. The number of nitrogens with zero attached hydrogens (tertiary/aromatic N) is 5. The van der Waals surface area contributed by atoms with Gasteiger partial charge in [0.1, 0.15) is 5.84 Å². The Labute approximate surface area is 305 Å². The van der Waals surface area contributed by atoms with Crippen LogP contribution in [0, 0.1) is 0 Å². The van der Waals surface area contributed by atoms with Crippen LogP contribution >= 0.6 is 0 Å². The molecule has 0 atom stereocenters. The van der Waals surface area contributed by atoms with Crippen molar-refractivity contribution in [2.24, 2.45) is 15.7 Å². The zero-order chi connectivity index (χ0) is 35.5. The summed E-state index contributed by atoms with van der Waals surface area (Å²) in [5.74, 6) is 2.91. The van der Waals surface area contributed by atoms with Crippen LogP contribution in [0.3, 0.4) is 0 Å². The zero-order valence-corrected chi connectivity index (χ0v) is 28.9. The van der Waals surface area contributed by atoms with E-state index in [1.807, 2.05) is 85.0 Å². The summed E-state index contributed by atoms with van der Waals surface area (Å²) in [5.41, 5.74) is 17.9. The van der Waals surface area contributed by atoms with Crippen LogP contribution in [0.2, 0.25) is 0 Å². The summed E-state index contributed by atoms with van der Waals surface area (Å²) >= 11 is 0. The third-order valence-electron chi connectivity index (χ3n) is 8.69. The number of aromatic nitrogens is 3. The molecule has 3 aromatic rings. The molecule has 0 fully saturated rings. The molecule has 0 aliphatic heterocycles. The molecule has 7 rings (SSSR count). The predicted molar refractivity (Wildman–Crippen MR) is 216 cm³/mol. The summed E-state index contributed by atoms with van der Waals surface area (Å²) in [6.45, 7) is 4.30. The standard InChI is InChI=1S/C46H38N6/c1-33(48-43(38-19-10-4-5-11-20-38)49-42(47)37-17-8-2-3-9-18-37)34-25-16-26-35(28-27-34)36-29-31-41(32-30-36)46-51-44(39-21-12-6-13-22-39)50-45(52-46)40-23-14-7-15-24-40/h2,4-10,12-14,16-23,26-32H,1,3,11,15,24H2,(H2,47,48,49). The fraction of sp³-hybridized carbons (Fsp3) is 0.0870. The predicted octanol–water partition coefficient (Wildman–Crippen LogP) is 10.1. The second kappa shape index (κ2) is 16.3. The molecule has 4 aliphatic carbocycles. The molecule has 4 aliphatic rings. The summed E-state index contributed by atoms with van der Waals surface area (Å²) in [4.78, 5) is 24.4. The first-order chi connectivity index (χ1) is 25.6. The van der Waals surface area contributed by atoms with Gasteiger partial charge in [-0.25, -0.2) is 24.9 Å². The van der Waals surface area contributed by atoms with Crippen molar-refractivity contribution < 1.29 is 0 Å². The van der Waals surface area contributed by atoms with Crippen molar-refractivity contribution >= 4 is 22.8 Å². The SMILES string of the molecule is C=C(N=C(N=C(N)C1=CC=CCC=C1)C1=CCC=CC=C1)C1=C=CC=C(c2ccc(-c3nc(C4=CC=CCC4)nc(-c4ccccc4)n3)cc2)C=C1. The molecule has 252 valence electrons. The van der Waals surface area contributed by atoms with Gasteiger partial charge in [-0.05, 0) is 60.6 Å². The maximum atomic E-state index is 6.50. The highest BCUT2D eigenvalue weighted by Gasteiger charge is 2.15. The third-order valence-corrected chi connectivity index (χ3v) is 8.69. The molecule has 0 bridgehead atoms. The second-order valence-electron chi connectivity index (χ2n) is 12.3. The van der Waals surface area contributed by atoms with Gasteiger partial charge in [-0.1, -0.05) is 146 Å². The minimum Gasteiger partial charge on any atom is -0.383 e. The van der Waals surface area contributed by atoms with Crippen LogP contribution in [0.25, 0.3) is 33.9 Å². The van der Waals surface area contributed by atoms with Crippen LogP contribution in [0.1, 0.15) is 37.1 Å². The normalized spacial score (nSPS) is 17.0. The molecule has 1 heterocycles. The maximum absolute atomic E-state index is 6.50. The molecule has 2 aromatic carbocycles. The quantitative estimate of drug-likeness (QED) is 0.146. The van der Waals surface area contributed by atoms with Gasteiger partial charge in [0.05, 0.1) is 5.70 Å². The van der Waals surface area contributed by atoms with E-state index in [2.05, 4.69) is 85.2 Å². The molecule has 0 radical (unpaired) electrons. The first kappa shape index (κ1) is 33.7. The Bertz CT molecular complexity index is 2320. The van der Waals surface area contributed by atoms with E-state index < -0.39 is 0 Å². The Kier molecular flexibility index (Phi) is 10.6. The van der Waals surface area contributed by atoms with Crippen molar-refractivity contribution in [3.63, 3.8) is 0 Å². The maximum Gasteiger partial charge on any atom is 0.164 e. The van der Waals surface area contributed by atoms with E-state index in [0.717, 1.165) is 70.2 Å². The largest absolute Gasteiger partial charge is 0.383 e. The number of hydrogen-bond donors (Lipinski definition) is 1. The summed E-state index contributed by atoms with van der Waals surface area (Å²) < 4.78 is 0. The average Bonchev–Trinajstić information content (AvgIpc) is 3.75. The number of amidine groups is 2. The van der Waals surface area contributed by atoms with Gasteiger partial charge in [-0.15, -0.1) is 5.73 Å². The number of benzene rings is 2. The van der Waals surface area contributed by atoms with E-state index in [9.17, 15) is 0 Å². The van der Waals surface area contributed by atoms with Crippen LogP contribution < -0.4 is 5.73 Å². The van der Waals surface area contributed by atoms with Gasteiger partial charge in [0.15, 0.2) is 23.3 Å². The first-order valence-corrected chi connectivity index (χ1v) is 17.4. The lowest BCUT2D eigenvalue weighted by Crippen LogP contribution is -2.17. The summed E-state index contributed by atoms with van der Waals surface area (Å²) in [5, 5.41) is 0. The van der Waals surface area contributed by atoms with Gasteiger partial charge in [0.25, 0.3) is 0 Å². The van der Waals surface area contributed by atoms with Crippen molar-refractivity contribution in [2.45, 2.75) is 25.7 Å². The molecule has 2 N–H and O–H groups in total. The molecule has 0 spiro atoms. The van der Waals surface area contributed by atoms with Gasteiger partial charge in [-0.3, -0.25) is 0 Å². The van der Waals surface area contributed by atoms with E-state index >= 15 is 0 Å². The lowest BCUT2D eigenvalue weighted by Gasteiger charge is -2.12. The van der Waals surface area contributed by atoms with E-state index in [1.165, 1.54) is 0 Å². The van der Waals surface area contributed by atoms with Crippen LogP contribution in [0.5, 0.6) is 0 Å². The Morgan fingerprint density at radius 2 is 1.40 bits per heavy atom. The number of rotatable bonds is 8. The van der Waals surface area contributed by atoms with Gasteiger partial charge in [-0.2, -0.15) is 0 Å². The van der Waals surface area contributed by atoms with Gasteiger partial charge in [0.2, 0.25) is 0 Å². The summed E-state index contributed by atoms with van der Waals surface area (Å²) in [6, 6.07) is 18.4. The molecule has 0 amide bonds. The summed E-state index contributed by atoms with van der Waals surface area (Å²) in [6.07, 6.45) is 38.0. The fourth-order valence-corrected chi connectivity index (χ4v) is 5.85. The molecule has 0 saturated heterocycles. The molecular weight excluding hydrogens is 637 g/mol. The Balaban J connectivity index is 1.13. The highest BCUT2D eigenvalue weighted by molar-refractivity contribution is 6.13. The number of nitrogens with two attached hydrogens (primary N) is 1. The third kappa shape index (κ3) is 8.33. The monoisotopic (exact) mass is 674 g/mol. The van der Waals surface area contributed by atoms with Crippen LogP contribution in [0.4, 0.5) is 0 Å². The van der Waals surface area contributed by atoms with Crippen molar-refractivity contribution in [1.82, 2.24) is 15.0 Å². The van der Waals surface area contributed by atoms with Crippen molar-refractivity contribution in [3.05, 3.63) is 204 Å². The molecule has 6 nitrogen and oxygen atoms in total. The molecule has 0 unspecified atom stereocenters. The van der Waals surface area contributed by atoms with Crippen molar-refractivity contribution in [2.75, 3.05) is 0 Å². The number of allylic oxidation sites excluding steroid dienone is 16. The van der Waals surface area contributed by atoms with Crippen LogP contribution in [-0.2, 0) is 0 Å². The van der Waals surface area contributed by atoms with E-state index in [4.69, 9.17) is 30.7 Å². The Morgan fingerprint density at radius 1 is 0.654 bits per heavy atom. The van der Waals surface area contributed by atoms with Crippen LogP contribution in [0.15, 0.2) is 203 Å². The number of aliphatic imine (C=N–C) groups is 2. The van der Waals surface area contributed by atoms with E-state index in [0.29, 0.717) is 34.8 Å². The fourth-order valence-electron chi connectivity index (χ4n) is 5.85. The minimum atomic E-state index is 0.391. The van der Waals surface area contributed by atoms with E-state index in [1.54, 1.807) is 0 Å². The van der Waals surface area contributed by atoms with Crippen molar-refractivity contribution in [3.8, 4) is 22.8 Å². The smallest absolute Gasteiger partial charge is 0.164 e. The Morgan fingerprint density at radius 3 is 2.21 bits per heavy atom. The first-order valence-electron chi connectivity index (χ1n) is 17.4. The van der Waals surface area contributed by atoms with Gasteiger partial charge in [0, 0.05) is 27.8 Å². The van der Waals surface area contributed by atoms with Gasteiger partial charge >= 0.3 is 0 Å². The number of hydrogen-bond acceptors (Lipinski definition) is 4. The summed E-state index contributed by atoms with van der Waals surface area (Å²) in [7, 11) is 0. The lowest BCUT2D eigenvalue weighted by molar-refractivity contribution is 0.978. The molecule has 1 aromatic heterocycles. The van der Waals surface area contributed by atoms with Gasteiger partial charge < -0.3 is 5.73 Å². The molecule has 6 heteroatoms. The van der Waals surface area contributed by atoms with Crippen LogP contribution in [-0.4, -0.2) is 26.6 Å². The highest BCUT2D eigenvalue weighted by atomic mass is 15.0.